The number of aromatic nitrogens is 3. The molecule has 3 aromatic rings. The Labute approximate surface area is 205 Å². The first-order valence-corrected chi connectivity index (χ1v) is 12.1. The topological polar surface area (TPSA) is 85.8 Å². The fraction of sp³-hybridized carbons (Fsp3) is 0.423. The Morgan fingerprint density at radius 1 is 1.11 bits per heavy atom. The molecule has 0 bridgehead atoms. The van der Waals surface area contributed by atoms with Gasteiger partial charge in [0.05, 0.1) is 12.1 Å². The summed E-state index contributed by atoms with van der Waals surface area (Å²) in [6.45, 7) is 9.25. The Morgan fingerprint density at radius 2 is 1.86 bits per heavy atom. The predicted octanol–water partition coefficient (Wildman–Crippen LogP) is 2.69. The van der Waals surface area contributed by atoms with Gasteiger partial charge in [-0.15, -0.1) is 0 Å². The molecule has 2 amide bonds. The lowest BCUT2D eigenvalue weighted by Gasteiger charge is -2.34. The summed E-state index contributed by atoms with van der Waals surface area (Å²) in [5.41, 5.74) is 3.38. The molecule has 0 radical (unpaired) electrons. The van der Waals surface area contributed by atoms with Crippen LogP contribution in [-0.2, 0) is 17.9 Å². The second-order valence-corrected chi connectivity index (χ2v) is 9.59. The Hall–Kier alpha value is -3.75. The fourth-order valence-electron chi connectivity index (χ4n) is 4.81. The van der Waals surface area contributed by atoms with E-state index >= 15 is 0 Å². The van der Waals surface area contributed by atoms with Gasteiger partial charge in [-0.05, 0) is 31.5 Å². The van der Waals surface area contributed by atoms with Crippen LogP contribution < -0.4 is 9.80 Å². The third kappa shape index (κ3) is 4.38. The van der Waals surface area contributed by atoms with Crippen LogP contribution in [-0.4, -0.2) is 75.8 Å². The van der Waals surface area contributed by atoms with Crippen molar-refractivity contribution in [1.29, 1.82) is 0 Å². The van der Waals surface area contributed by atoms with Crippen molar-refractivity contribution in [2.75, 3.05) is 43.0 Å². The van der Waals surface area contributed by atoms with Gasteiger partial charge in [0.1, 0.15) is 11.5 Å². The van der Waals surface area contributed by atoms with Crippen LogP contribution in [0.15, 0.2) is 36.5 Å². The van der Waals surface area contributed by atoms with Crippen molar-refractivity contribution in [2.45, 2.75) is 39.9 Å². The highest BCUT2D eigenvalue weighted by atomic mass is 16.2. The number of anilines is 2. The van der Waals surface area contributed by atoms with E-state index in [0.29, 0.717) is 50.9 Å². The number of nitrogens with zero attached hydrogens (tertiary/aromatic N) is 7. The number of fused-ring (bicyclic) bond motifs is 2. The predicted molar refractivity (Wildman–Crippen MR) is 135 cm³/mol. The van der Waals surface area contributed by atoms with Gasteiger partial charge in [-0.25, -0.2) is 4.98 Å². The maximum atomic E-state index is 13.2. The number of piperazine rings is 1. The molecule has 2 aliphatic rings. The van der Waals surface area contributed by atoms with Gasteiger partial charge >= 0.3 is 0 Å². The number of pyridine rings is 1. The second-order valence-electron chi connectivity index (χ2n) is 9.59. The minimum absolute atomic E-state index is 0.0527. The number of amides is 2. The molecule has 0 aliphatic carbocycles. The standard InChI is InChI=1S/C26H31N7O2/c1-17(2)33-16-21-23(25(33)35)28-26(32-11-9-31(10-12-32)18(3)34)29-24(21)30(4)15-19-13-20-7-5-6-8-22(20)27-14-19/h5-8,13-14,17H,9-12,15-16H2,1-4H3. The lowest BCUT2D eigenvalue weighted by Crippen LogP contribution is -2.48. The minimum atomic E-state index is -0.0527. The van der Waals surface area contributed by atoms with Gasteiger partial charge < -0.3 is 19.6 Å². The molecule has 5 rings (SSSR count). The molecular formula is C26H31N7O2. The van der Waals surface area contributed by atoms with E-state index in [4.69, 9.17) is 9.97 Å². The summed E-state index contributed by atoms with van der Waals surface area (Å²) in [6, 6.07) is 10.3. The van der Waals surface area contributed by atoms with Gasteiger partial charge in [0.15, 0.2) is 0 Å². The number of carbonyl (C=O) groups excluding carboxylic acids is 2. The van der Waals surface area contributed by atoms with Crippen molar-refractivity contribution < 1.29 is 9.59 Å². The van der Waals surface area contributed by atoms with Crippen LogP contribution in [0.4, 0.5) is 11.8 Å². The van der Waals surface area contributed by atoms with Crippen LogP contribution in [0.25, 0.3) is 10.9 Å². The number of carbonyl (C=O) groups is 2. The molecule has 0 unspecified atom stereocenters. The number of rotatable bonds is 5. The first-order valence-electron chi connectivity index (χ1n) is 12.1. The smallest absolute Gasteiger partial charge is 0.273 e. The van der Waals surface area contributed by atoms with E-state index in [-0.39, 0.29) is 17.9 Å². The molecule has 4 heterocycles. The van der Waals surface area contributed by atoms with Gasteiger partial charge in [-0.3, -0.25) is 14.6 Å². The van der Waals surface area contributed by atoms with Gasteiger partial charge in [0.2, 0.25) is 11.9 Å². The molecular weight excluding hydrogens is 442 g/mol. The molecule has 1 fully saturated rings. The molecule has 0 spiro atoms. The lowest BCUT2D eigenvalue weighted by molar-refractivity contribution is -0.129. The molecule has 182 valence electrons. The Balaban J connectivity index is 1.48. The molecule has 1 aromatic carbocycles. The summed E-state index contributed by atoms with van der Waals surface area (Å²) < 4.78 is 0. The largest absolute Gasteiger partial charge is 0.355 e. The molecule has 1 saturated heterocycles. The zero-order valence-electron chi connectivity index (χ0n) is 20.7. The third-order valence-corrected chi connectivity index (χ3v) is 6.82. The Bertz CT molecular complexity index is 1280. The van der Waals surface area contributed by atoms with Crippen molar-refractivity contribution in [2.24, 2.45) is 0 Å². The van der Waals surface area contributed by atoms with Crippen LogP contribution in [0.1, 0.15) is 42.4 Å². The van der Waals surface area contributed by atoms with Crippen molar-refractivity contribution in [3.63, 3.8) is 0 Å². The van der Waals surface area contributed by atoms with Crippen molar-refractivity contribution in [3.05, 3.63) is 53.3 Å². The quantitative estimate of drug-likeness (QED) is 0.563. The van der Waals surface area contributed by atoms with Gasteiger partial charge in [-0.2, -0.15) is 4.98 Å². The van der Waals surface area contributed by atoms with E-state index in [1.54, 1.807) is 6.92 Å². The molecule has 35 heavy (non-hydrogen) atoms. The molecule has 2 aromatic heterocycles. The highest BCUT2D eigenvalue weighted by Gasteiger charge is 2.36. The molecule has 9 heteroatoms. The fourth-order valence-corrected chi connectivity index (χ4v) is 4.81. The summed E-state index contributed by atoms with van der Waals surface area (Å²) in [4.78, 5) is 47.1. The average Bonchev–Trinajstić information content (AvgIpc) is 3.20. The lowest BCUT2D eigenvalue weighted by atomic mass is 10.1. The number of hydrogen-bond donors (Lipinski definition) is 0. The molecule has 0 saturated carbocycles. The van der Waals surface area contributed by atoms with Crippen molar-refractivity contribution in [1.82, 2.24) is 24.8 Å². The Morgan fingerprint density at radius 3 is 2.57 bits per heavy atom. The van der Waals surface area contributed by atoms with E-state index in [1.165, 1.54) is 0 Å². The first kappa shape index (κ1) is 23.0. The number of benzene rings is 1. The van der Waals surface area contributed by atoms with Gasteiger partial charge in [0.25, 0.3) is 5.91 Å². The van der Waals surface area contributed by atoms with E-state index in [2.05, 4.69) is 26.9 Å². The van der Waals surface area contributed by atoms with Gasteiger partial charge in [-0.1, -0.05) is 18.2 Å². The summed E-state index contributed by atoms with van der Waals surface area (Å²) in [6.07, 6.45) is 1.90. The van der Waals surface area contributed by atoms with Crippen LogP contribution in [0.2, 0.25) is 0 Å². The number of hydrogen-bond acceptors (Lipinski definition) is 7. The van der Waals surface area contributed by atoms with E-state index in [0.717, 1.165) is 27.8 Å². The van der Waals surface area contributed by atoms with Crippen LogP contribution in [0.5, 0.6) is 0 Å². The summed E-state index contributed by atoms with van der Waals surface area (Å²) >= 11 is 0. The second kappa shape index (κ2) is 9.13. The molecule has 0 atom stereocenters. The monoisotopic (exact) mass is 473 g/mol. The number of para-hydroxylation sites is 1. The van der Waals surface area contributed by atoms with E-state index in [9.17, 15) is 9.59 Å². The van der Waals surface area contributed by atoms with Crippen molar-refractivity contribution >= 4 is 34.5 Å². The van der Waals surface area contributed by atoms with Crippen LogP contribution >= 0.6 is 0 Å². The van der Waals surface area contributed by atoms with Crippen LogP contribution in [0.3, 0.4) is 0 Å². The SMILES string of the molecule is CC(=O)N1CCN(c2nc3c(c(N(C)Cc4cnc5ccccc5c4)n2)CN(C(C)C)C3=O)CC1. The zero-order valence-corrected chi connectivity index (χ0v) is 20.7. The molecule has 9 nitrogen and oxygen atoms in total. The summed E-state index contributed by atoms with van der Waals surface area (Å²) in [5.74, 6) is 1.34. The minimum Gasteiger partial charge on any atom is -0.355 e. The normalized spacial score (nSPS) is 15.8. The van der Waals surface area contributed by atoms with Crippen molar-refractivity contribution in [3.8, 4) is 0 Å². The highest BCUT2D eigenvalue weighted by Crippen LogP contribution is 2.33. The van der Waals surface area contributed by atoms with Crippen LogP contribution in [0, 0.1) is 0 Å². The Kier molecular flexibility index (Phi) is 6.00. The molecule has 2 aliphatic heterocycles. The maximum Gasteiger partial charge on any atom is 0.273 e. The maximum absolute atomic E-state index is 13.2. The summed E-state index contributed by atoms with van der Waals surface area (Å²) in [7, 11) is 2.00. The van der Waals surface area contributed by atoms with Gasteiger partial charge in [0, 0.05) is 69.9 Å². The summed E-state index contributed by atoms with van der Waals surface area (Å²) in [5, 5.41) is 1.09. The van der Waals surface area contributed by atoms with E-state index in [1.807, 2.05) is 55.1 Å². The zero-order chi connectivity index (χ0) is 24.7. The molecule has 0 N–H and O–H groups in total. The highest BCUT2D eigenvalue weighted by molar-refractivity contribution is 5.98. The average molecular weight is 474 g/mol. The third-order valence-electron chi connectivity index (χ3n) is 6.82. The first-order chi connectivity index (χ1) is 16.8. The van der Waals surface area contributed by atoms with E-state index < -0.39 is 0 Å².